The third kappa shape index (κ3) is 5.14. The van der Waals surface area contributed by atoms with E-state index in [4.69, 9.17) is 28.9 Å². The molecular formula is C23H35N3O4. The van der Waals surface area contributed by atoms with E-state index >= 15 is 0 Å². The minimum absolute atomic E-state index is 0.0832. The zero-order valence-corrected chi connectivity index (χ0v) is 19.5. The summed E-state index contributed by atoms with van der Waals surface area (Å²) in [5.41, 5.74) is 3.13. The molecule has 2 aromatic rings. The fraction of sp³-hybridized carbons (Fsp3) is 0.565. The molecular weight excluding hydrogens is 382 g/mol. The lowest BCUT2D eigenvalue weighted by Gasteiger charge is -2.21. The summed E-state index contributed by atoms with van der Waals surface area (Å²) >= 11 is 0. The number of nitrogens with one attached hydrogen (secondary N) is 1. The second kappa shape index (κ2) is 11.0. The van der Waals surface area contributed by atoms with Gasteiger partial charge < -0.3 is 24.3 Å². The molecule has 1 N–H and O–H groups in total. The molecule has 1 unspecified atom stereocenters. The topological polar surface area (TPSA) is 74.7 Å². The Balaban J connectivity index is 2.62. The largest absolute Gasteiger partial charge is 0.496 e. The molecule has 0 fully saturated rings. The summed E-state index contributed by atoms with van der Waals surface area (Å²) in [5.74, 6) is 2.39. The van der Waals surface area contributed by atoms with E-state index in [1.165, 1.54) is 0 Å². The summed E-state index contributed by atoms with van der Waals surface area (Å²) in [7, 11) is 4.87. The van der Waals surface area contributed by atoms with Crippen molar-refractivity contribution in [2.24, 2.45) is 0 Å². The maximum Gasteiger partial charge on any atom is 0.257 e. The van der Waals surface area contributed by atoms with E-state index in [1.807, 2.05) is 32.9 Å². The molecule has 166 valence electrons. The number of aromatic nitrogens is 2. The zero-order chi connectivity index (χ0) is 22.3. The van der Waals surface area contributed by atoms with Gasteiger partial charge in [-0.15, -0.1) is 0 Å². The molecule has 2 rings (SSSR count). The Labute approximate surface area is 180 Å². The van der Waals surface area contributed by atoms with Gasteiger partial charge in [0.05, 0.1) is 38.7 Å². The monoisotopic (exact) mass is 417 g/mol. The highest BCUT2D eigenvalue weighted by Crippen LogP contribution is 2.42. The maximum atomic E-state index is 5.74. The third-order valence-electron chi connectivity index (χ3n) is 5.21. The van der Waals surface area contributed by atoms with Crippen LogP contribution in [0, 0.1) is 6.92 Å². The lowest BCUT2D eigenvalue weighted by molar-refractivity contribution is 0.0761. The zero-order valence-electron chi connectivity index (χ0n) is 19.5. The van der Waals surface area contributed by atoms with Crippen molar-refractivity contribution in [2.75, 3.05) is 33.3 Å². The van der Waals surface area contributed by atoms with E-state index in [1.54, 1.807) is 21.3 Å². The van der Waals surface area contributed by atoms with Gasteiger partial charge >= 0.3 is 0 Å². The fourth-order valence-electron chi connectivity index (χ4n) is 3.41. The summed E-state index contributed by atoms with van der Waals surface area (Å²) in [6.45, 7) is 10.8. The van der Waals surface area contributed by atoms with Crippen LogP contribution in [0.1, 0.15) is 57.9 Å². The van der Waals surface area contributed by atoms with E-state index < -0.39 is 0 Å². The molecule has 1 atom stereocenters. The second-order valence-electron chi connectivity index (χ2n) is 7.07. The van der Waals surface area contributed by atoms with Gasteiger partial charge in [0.25, 0.3) is 5.88 Å². The molecule has 1 aromatic heterocycles. The highest BCUT2D eigenvalue weighted by atomic mass is 16.5. The Kier molecular flexibility index (Phi) is 8.72. The first kappa shape index (κ1) is 23.7. The molecule has 1 heterocycles. The van der Waals surface area contributed by atoms with Gasteiger partial charge in [-0.25, -0.2) is 9.97 Å². The Hall–Kier alpha value is -2.54. The number of rotatable bonds is 11. The van der Waals surface area contributed by atoms with Crippen LogP contribution in [0.3, 0.4) is 0 Å². The van der Waals surface area contributed by atoms with Crippen molar-refractivity contribution >= 4 is 5.82 Å². The van der Waals surface area contributed by atoms with Gasteiger partial charge in [-0.1, -0.05) is 13.8 Å². The van der Waals surface area contributed by atoms with Crippen molar-refractivity contribution in [2.45, 2.75) is 59.6 Å². The molecule has 0 radical (unpaired) electrons. The molecule has 0 saturated carbocycles. The summed E-state index contributed by atoms with van der Waals surface area (Å²) in [5, 5.41) is 3.44. The molecule has 0 aliphatic carbocycles. The molecule has 7 heteroatoms. The highest BCUT2D eigenvalue weighted by Gasteiger charge is 2.23. The van der Waals surface area contributed by atoms with E-state index in [9.17, 15) is 0 Å². The molecule has 0 aliphatic heterocycles. The van der Waals surface area contributed by atoms with Crippen LogP contribution >= 0.6 is 0 Å². The number of benzene rings is 1. The first-order valence-electron chi connectivity index (χ1n) is 10.5. The third-order valence-corrected chi connectivity index (χ3v) is 5.21. The molecule has 0 spiro atoms. The van der Waals surface area contributed by atoms with Crippen LogP contribution in [0.5, 0.6) is 17.4 Å². The standard InChI is InChI=1S/C23H35N3O4/c1-9-17(10-2)25-22-23(29-8)26-21(14(4)24-22)20-18(27-6)12-16(13-19(20)28-7)15(5)30-11-3/h12-13,15,17H,9-11H2,1-8H3,(H,24,25). The number of ether oxygens (including phenoxy) is 4. The van der Waals surface area contributed by atoms with Gasteiger partial charge in [-0.05, 0) is 51.3 Å². The van der Waals surface area contributed by atoms with Gasteiger partial charge in [-0.2, -0.15) is 0 Å². The number of hydrogen-bond donors (Lipinski definition) is 1. The summed E-state index contributed by atoms with van der Waals surface area (Å²) < 4.78 is 22.7. The smallest absolute Gasteiger partial charge is 0.257 e. The number of methoxy groups -OCH3 is 3. The number of aryl methyl sites for hydroxylation is 1. The van der Waals surface area contributed by atoms with Gasteiger partial charge in [-0.3, -0.25) is 0 Å². The fourth-order valence-corrected chi connectivity index (χ4v) is 3.41. The Bertz CT molecular complexity index is 812. The number of hydrogen-bond acceptors (Lipinski definition) is 7. The SMILES string of the molecule is CCOC(C)c1cc(OC)c(-c2nc(OC)c(NC(CC)CC)nc2C)c(OC)c1. The number of anilines is 1. The summed E-state index contributed by atoms with van der Waals surface area (Å²) in [6.07, 6.45) is 1.90. The van der Waals surface area contributed by atoms with Crippen LogP contribution < -0.4 is 19.5 Å². The minimum atomic E-state index is -0.0832. The Morgan fingerprint density at radius 2 is 1.53 bits per heavy atom. The van der Waals surface area contributed by atoms with E-state index in [0.717, 1.165) is 29.7 Å². The van der Waals surface area contributed by atoms with Crippen LogP contribution in [0.2, 0.25) is 0 Å². The first-order chi connectivity index (χ1) is 14.4. The van der Waals surface area contributed by atoms with Gasteiger partial charge in [0, 0.05) is 12.6 Å². The van der Waals surface area contributed by atoms with Gasteiger partial charge in [0.2, 0.25) is 0 Å². The quantitative estimate of drug-likeness (QED) is 0.540. The first-order valence-corrected chi connectivity index (χ1v) is 10.5. The van der Waals surface area contributed by atoms with E-state index in [2.05, 4.69) is 19.2 Å². The van der Waals surface area contributed by atoms with E-state index in [-0.39, 0.29) is 6.10 Å². The van der Waals surface area contributed by atoms with Gasteiger partial charge in [0.15, 0.2) is 5.82 Å². The van der Waals surface area contributed by atoms with Crippen LogP contribution in [0.4, 0.5) is 5.82 Å². The minimum Gasteiger partial charge on any atom is -0.496 e. The number of nitrogens with zero attached hydrogens (tertiary/aromatic N) is 2. The molecule has 0 amide bonds. The second-order valence-corrected chi connectivity index (χ2v) is 7.07. The summed E-state index contributed by atoms with van der Waals surface area (Å²) in [6, 6.07) is 4.23. The molecule has 7 nitrogen and oxygen atoms in total. The van der Waals surface area contributed by atoms with Crippen molar-refractivity contribution in [3.05, 3.63) is 23.4 Å². The Morgan fingerprint density at radius 1 is 0.933 bits per heavy atom. The lowest BCUT2D eigenvalue weighted by atomic mass is 10.0. The van der Waals surface area contributed by atoms with Crippen LogP contribution in [0.25, 0.3) is 11.3 Å². The molecule has 1 aromatic carbocycles. The van der Waals surface area contributed by atoms with Crippen LogP contribution in [0.15, 0.2) is 12.1 Å². The van der Waals surface area contributed by atoms with Crippen molar-refractivity contribution in [3.8, 4) is 28.6 Å². The van der Waals surface area contributed by atoms with Crippen molar-refractivity contribution in [3.63, 3.8) is 0 Å². The highest BCUT2D eigenvalue weighted by molar-refractivity contribution is 5.77. The van der Waals surface area contributed by atoms with E-state index in [0.29, 0.717) is 41.5 Å². The lowest BCUT2D eigenvalue weighted by Crippen LogP contribution is -2.19. The van der Waals surface area contributed by atoms with Crippen LogP contribution in [-0.2, 0) is 4.74 Å². The maximum absolute atomic E-state index is 5.74. The summed E-state index contributed by atoms with van der Waals surface area (Å²) in [4.78, 5) is 9.53. The molecule has 0 aliphatic rings. The van der Waals surface area contributed by atoms with Crippen molar-refractivity contribution < 1.29 is 18.9 Å². The van der Waals surface area contributed by atoms with Crippen molar-refractivity contribution in [1.82, 2.24) is 9.97 Å². The Morgan fingerprint density at radius 3 is 2.00 bits per heavy atom. The predicted molar refractivity (Wildman–Crippen MR) is 120 cm³/mol. The van der Waals surface area contributed by atoms with Gasteiger partial charge in [0.1, 0.15) is 17.2 Å². The average molecular weight is 418 g/mol. The normalized spacial score (nSPS) is 12.0. The van der Waals surface area contributed by atoms with Crippen LogP contribution in [-0.4, -0.2) is 43.9 Å². The van der Waals surface area contributed by atoms with Crippen molar-refractivity contribution in [1.29, 1.82) is 0 Å². The molecule has 0 saturated heterocycles. The predicted octanol–water partition coefficient (Wildman–Crippen LogP) is 5.18. The molecule has 0 bridgehead atoms. The molecule has 30 heavy (non-hydrogen) atoms. The average Bonchev–Trinajstić information content (AvgIpc) is 2.76.